The molecule has 0 saturated carbocycles. The molecule has 0 amide bonds. The first-order chi connectivity index (χ1) is 11.2. The van der Waals surface area contributed by atoms with E-state index in [1.165, 1.54) is 0 Å². The lowest BCUT2D eigenvalue weighted by Gasteiger charge is -2.07. The van der Waals surface area contributed by atoms with E-state index in [-0.39, 0.29) is 25.2 Å². The Morgan fingerprint density at radius 1 is 0.826 bits per heavy atom. The van der Waals surface area contributed by atoms with E-state index in [1.54, 1.807) is 37.4 Å². The van der Waals surface area contributed by atoms with Crippen LogP contribution in [0.5, 0.6) is 0 Å². The number of carbonyl (C=O) groups is 2. The largest absolute Gasteiger partial charge is 0.465 e. The number of imidazole rings is 2. The van der Waals surface area contributed by atoms with Gasteiger partial charge in [0.15, 0.2) is 0 Å². The van der Waals surface area contributed by atoms with Crippen LogP contribution in [0.1, 0.15) is 19.3 Å². The number of hydrogen-bond donors (Lipinski definition) is 0. The third-order valence-electron chi connectivity index (χ3n) is 3.08. The molecule has 0 bridgehead atoms. The lowest BCUT2D eigenvalue weighted by molar-refractivity contribution is -0.146. The topological polar surface area (TPSA) is 88.2 Å². The van der Waals surface area contributed by atoms with Crippen molar-refractivity contribution in [2.24, 2.45) is 0 Å². The third-order valence-corrected chi connectivity index (χ3v) is 3.08. The molecule has 0 unspecified atom stereocenters. The lowest BCUT2D eigenvalue weighted by atomic mass is 10.4. The van der Waals surface area contributed by atoms with E-state index < -0.39 is 0 Å². The molecule has 124 valence electrons. The van der Waals surface area contributed by atoms with Gasteiger partial charge in [-0.1, -0.05) is 0 Å². The fourth-order valence-electron chi connectivity index (χ4n) is 1.85. The van der Waals surface area contributed by atoms with Gasteiger partial charge in [-0.25, -0.2) is 9.97 Å². The Kier molecular flexibility index (Phi) is 6.83. The number of aromatic nitrogens is 4. The van der Waals surface area contributed by atoms with Crippen molar-refractivity contribution in [1.82, 2.24) is 19.1 Å². The van der Waals surface area contributed by atoms with Crippen LogP contribution in [0.3, 0.4) is 0 Å². The highest BCUT2D eigenvalue weighted by Crippen LogP contribution is 1.97. The van der Waals surface area contributed by atoms with Crippen molar-refractivity contribution < 1.29 is 19.1 Å². The van der Waals surface area contributed by atoms with Gasteiger partial charge in [-0.2, -0.15) is 0 Å². The van der Waals surface area contributed by atoms with Crippen molar-refractivity contribution in [3.8, 4) is 0 Å². The zero-order valence-electron chi connectivity index (χ0n) is 12.8. The Morgan fingerprint density at radius 3 is 1.70 bits per heavy atom. The van der Waals surface area contributed by atoms with Gasteiger partial charge >= 0.3 is 11.9 Å². The van der Waals surface area contributed by atoms with Gasteiger partial charge in [0, 0.05) is 44.3 Å². The molecule has 0 N–H and O–H groups in total. The van der Waals surface area contributed by atoms with Gasteiger partial charge in [0.25, 0.3) is 0 Å². The first-order valence-corrected chi connectivity index (χ1v) is 7.47. The van der Waals surface area contributed by atoms with E-state index in [0.29, 0.717) is 32.4 Å². The minimum absolute atomic E-state index is 0.248. The van der Waals surface area contributed by atoms with Crippen molar-refractivity contribution in [2.75, 3.05) is 13.2 Å². The third kappa shape index (κ3) is 6.77. The molecule has 2 rings (SSSR count). The fraction of sp³-hybridized carbons (Fsp3) is 0.467. The summed E-state index contributed by atoms with van der Waals surface area (Å²) in [7, 11) is 0. The van der Waals surface area contributed by atoms with Crippen LogP contribution in [0.25, 0.3) is 0 Å². The molecule has 0 radical (unpaired) electrons. The van der Waals surface area contributed by atoms with Crippen LogP contribution in [0, 0.1) is 0 Å². The number of nitrogens with zero attached hydrogens (tertiary/aromatic N) is 4. The number of aryl methyl sites for hydroxylation is 2. The molecule has 0 aliphatic rings. The van der Waals surface area contributed by atoms with Gasteiger partial charge in [-0.05, 0) is 0 Å². The van der Waals surface area contributed by atoms with Crippen molar-refractivity contribution in [3.63, 3.8) is 0 Å². The van der Waals surface area contributed by atoms with E-state index in [4.69, 9.17) is 9.47 Å². The quantitative estimate of drug-likeness (QED) is 0.480. The summed E-state index contributed by atoms with van der Waals surface area (Å²) in [6, 6.07) is 0. The first-order valence-electron chi connectivity index (χ1n) is 7.47. The number of carbonyl (C=O) groups excluding carboxylic acids is 2. The highest BCUT2D eigenvalue weighted by atomic mass is 16.5. The molecule has 0 atom stereocenters. The number of ether oxygens (including phenoxy) is 2. The van der Waals surface area contributed by atoms with Crippen molar-refractivity contribution >= 4 is 11.9 Å². The van der Waals surface area contributed by atoms with Crippen LogP contribution in [-0.4, -0.2) is 44.3 Å². The average molecular weight is 320 g/mol. The van der Waals surface area contributed by atoms with Crippen LogP contribution in [0.15, 0.2) is 37.4 Å². The normalized spacial score (nSPS) is 10.4. The summed E-state index contributed by atoms with van der Waals surface area (Å²) in [5, 5.41) is 0. The van der Waals surface area contributed by atoms with Gasteiger partial charge in [0.1, 0.15) is 0 Å². The predicted molar refractivity (Wildman–Crippen MR) is 80.2 cm³/mol. The van der Waals surface area contributed by atoms with Gasteiger partial charge in [-0.15, -0.1) is 0 Å². The number of esters is 2. The summed E-state index contributed by atoms with van der Waals surface area (Å²) < 4.78 is 13.7. The Balaban J connectivity index is 1.45. The summed E-state index contributed by atoms with van der Waals surface area (Å²) in [6.07, 6.45) is 11.3. The maximum absolute atomic E-state index is 11.5. The standard InChI is InChI=1S/C15H20N4O4/c20-14(2-6-18-8-4-16-12-18)22-10-1-11-23-15(21)3-7-19-9-5-17-13-19/h4-5,8-9,12-13H,1-3,6-7,10-11H2. The zero-order chi connectivity index (χ0) is 16.3. The molecule has 0 aliphatic heterocycles. The second kappa shape index (κ2) is 9.39. The first kappa shape index (κ1) is 16.7. The van der Waals surface area contributed by atoms with E-state index in [9.17, 15) is 9.59 Å². The highest BCUT2D eigenvalue weighted by molar-refractivity contribution is 5.69. The second-order valence-electron chi connectivity index (χ2n) is 4.90. The summed E-state index contributed by atoms with van der Waals surface area (Å²) in [5.41, 5.74) is 0. The molecular weight excluding hydrogens is 300 g/mol. The minimum atomic E-state index is -0.273. The molecule has 2 heterocycles. The van der Waals surface area contributed by atoms with E-state index in [1.807, 2.05) is 9.13 Å². The van der Waals surface area contributed by atoms with Crippen molar-refractivity contribution in [1.29, 1.82) is 0 Å². The molecule has 2 aromatic rings. The van der Waals surface area contributed by atoms with Gasteiger partial charge in [0.2, 0.25) is 0 Å². The summed E-state index contributed by atoms with van der Waals surface area (Å²) in [6.45, 7) is 1.58. The summed E-state index contributed by atoms with van der Waals surface area (Å²) in [5.74, 6) is -0.546. The molecule has 0 spiro atoms. The Morgan fingerprint density at radius 2 is 1.30 bits per heavy atom. The van der Waals surface area contributed by atoms with Crippen LogP contribution >= 0.6 is 0 Å². The van der Waals surface area contributed by atoms with Crippen LogP contribution in [0.2, 0.25) is 0 Å². The molecule has 0 aromatic carbocycles. The molecule has 0 aliphatic carbocycles. The van der Waals surface area contributed by atoms with Crippen LogP contribution < -0.4 is 0 Å². The molecule has 2 aromatic heterocycles. The maximum atomic E-state index is 11.5. The summed E-state index contributed by atoms with van der Waals surface area (Å²) >= 11 is 0. The zero-order valence-corrected chi connectivity index (χ0v) is 12.8. The minimum Gasteiger partial charge on any atom is -0.465 e. The number of rotatable bonds is 10. The maximum Gasteiger partial charge on any atom is 0.307 e. The van der Waals surface area contributed by atoms with Crippen molar-refractivity contribution in [3.05, 3.63) is 37.4 Å². The molecule has 0 fully saturated rings. The predicted octanol–water partition coefficient (Wildman–Crippen LogP) is 1.04. The number of hydrogen-bond acceptors (Lipinski definition) is 6. The monoisotopic (exact) mass is 320 g/mol. The molecule has 8 nitrogen and oxygen atoms in total. The lowest BCUT2D eigenvalue weighted by Crippen LogP contribution is -2.13. The van der Waals surface area contributed by atoms with E-state index >= 15 is 0 Å². The van der Waals surface area contributed by atoms with Gasteiger partial charge in [-0.3, -0.25) is 9.59 Å². The molecular formula is C15H20N4O4. The summed E-state index contributed by atoms with van der Waals surface area (Å²) in [4.78, 5) is 30.8. The Hall–Kier alpha value is -2.64. The second-order valence-corrected chi connectivity index (χ2v) is 4.90. The van der Waals surface area contributed by atoms with Crippen LogP contribution in [0.4, 0.5) is 0 Å². The van der Waals surface area contributed by atoms with E-state index in [0.717, 1.165) is 0 Å². The average Bonchev–Trinajstić information content (AvgIpc) is 3.24. The fourth-order valence-corrected chi connectivity index (χ4v) is 1.85. The molecule has 8 heteroatoms. The smallest absolute Gasteiger partial charge is 0.307 e. The van der Waals surface area contributed by atoms with Gasteiger partial charge < -0.3 is 18.6 Å². The van der Waals surface area contributed by atoms with Crippen molar-refractivity contribution in [2.45, 2.75) is 32.4 Å². The van der Waals surface area contributed by atoms with Crippen LogP contribution in [-0.2, 0) is 32.2 Å². The highest BCUT2D eigenvalue weighted by Gasteiger charge is 2.05. The SMILES string of the molecule is O=C(CCn1ccnc1)OCCCOC(=O)CCn1ccnc1. The molecule has 0 saturated heterocycles. The Bertz CT molecular complexity index is 528. The Labute approximate surface area is 134 Å². The van der Waals surface area contributed by atoms with E-state index in [2.05, 4.69) is 9.97 Å². The van der Waals surface area contributed by atoms with Gasteiger partial charge in [0.05, 0.1) is 38.7 Å². The molecule has 23 heavy (non-hydrogen) atoms.